The van der Waals surface area contributed by atoms with Gasteiger partial charge in [0.15, 0.2) is 0 Å². The Labute approximate surface area is 241 Å². The lowest BCUT2D eigenvalue weighted by molar-refractivity contribution is -0.136. The molecule has 2 aliphatic rings. The van der Waals surface area contributed by atoms with E-state index in [4.69, 9.17) is 21.1 Å². The van der Waals surface area contributed by atoms with Crippen LogP contribution in [0.3, 0.4) is 0 Å². The number of carbonyl (C=O) groups is 2. The Hall–Kier alpha value is -3.97. The number of hydrogen-bond acceptors (Lipinski definition) is 6. The number of rotatable bonds is 7. The van der Waals surface area contributed by atoms with E-state index in [1.54, 1.807) is 0 Å². The third-order valence-corrected chi connectivity index (χ3v) is 7.38. The first-order valence-electron chi connectivity index (χ1n) is 12.8. The summed E-state index contributed by atoms with van der Waals surface area (Å²) in [6, 6.07) is 6.43. The maximum absolute atomic E-state index is 15.2. The van der Waals surface area contributed by atoms with Crippen LogP contribution in [0.5, 0.6) is 5.75 Å². The summed E-state index contributed by atoms with van der Waals surface area (Å²) >= 11 is 5.88. The molecule has 3 atom stereocenters. The van der Waals surface area contributed by atoms with Crippen molar-refractivity contribution in [3.63, 3.8) is 0 Å². The molecule has 14 heteroatoms. The SMILES string of the molecule is COc1cc(F)c([C@@H]2CN(c3nccc(NC4CCOC4)c3C(F)(F)F)C(=O)C2NC(=O)c2ccc(Cl)cc2)c(F)c1. The Morgan fingerprint density at radius 3 is 2.43 bits per heavy atom. The molecule has 0 radical (unpaired) electrons. The van der Waals surface area contributed by atoms with Crippen LogP contribution in [-0.4, -0.2) is 55.8 Å². The summed E-state index contributed by atoms with van der Waals surface area (Å²) < 4.78 is 84.1. The van der Waals surface area contributed by atoms with Crippen molar-refractivity contribution in [3.8, 4) is 5.75 Å². The Kier molecular flexibility index (Phi) is 8.24. The minimum atomic E-state index is -4.97. The fourth-order valence-corrected chi connectivity index (χ4v) is 5.25. The van der Waals surface area contributed by atoms with E-state index >= 15 is 8.78 Å². The van der Waals surface area contributed by atoms with E-state index in [2.05, 4.69) is 15.6 Å². The molecular weight excluding hydrogens is 587 g/mol. The predicted molar refractivity (Wildman–Crippen MR) is 143 cm³/mol. The molecule has 8 nitrogen and oxygen atoms in total. The Balaban J connectivity index is 1.58. The van der Waals surface area contributed by atoms with Gasteiger partial charge in [-0.2, -0.15) is 13.2 Å². The first kappa shape index (κ1) is 29.5. The van der Waals surface area contributed by atoms with Crippen molar-refractivity contribution in [3.05, 3.63) is 82.0 Å². The van der Waals surface area contributed by atoms with Gasteiger partial charge in [-0.3, -0.25) is 14.5 Å². The summed E-state index contributed by atoms with van der Waals surface area (Å²) in [5, 5.41) is 5.58. The number of hydrogen-bond donors (Lipinski definition) is 2. The number of anilines is 2. The Morgan fingerprint density at radius 2 is 1.83 bits per heavy atom. The van der Waals surface area contributed by atoms with Crippen LogP contribution < -0.4 is 20.3 Å². The summed E-state index contributed by atoms with van der Waals surface area (Å²) in [6.45, 7) is -0.0532. The molecule has 2 saturated heterocycles. The third kappa shape index (κ3) is 5.84. The minimum Gasteiger partial charge on any atom is -0.497 e. The molecule has 5 rings (SSSR count). The van der Waals surface area contributed by atoms with Crippen molar-refractivity contribution in [2.75, 3.05) is 37.1 Å². The first-order chi connectivity index (χ1) is 20.0. The molecule has 2 aliphatic heterocycles. The summed E-state index contributed by atoms with van der Waals surface area (Å²) in [5.74, 6) is -6.37. The number of aromatic nitrogens is 1. The van der Waals surface area contributed by atoms with Gasteiger partial charge in [-0.25, -0.2) is 13.8 Å². The van der Waals surface area contributed by atoms with Gasteiger partial charge in [0.1, 0.15) is 34.8 Å². The van der Waals surface area contributed by atoms with E-state index < -0.39 is 71.1 Å². The van der Waals surface area contributed by atoms with E-state index in [1.165, 1.54) is 31.4 Å². The second-order valence-electron chi connectivity index (χ2n) is 9.78. The maximum Gasteiger partial charge on any atom is 0.421 e. The zero-order valence-corrected chi connectivity index (χ0v) is 22.7. The van der Waals surface area contributed by atoms with Gasteiger partial charge < -0.3 is 20.1 Å². The highest BCUT2D eigenvalue weighted by Crippen LogP contribution is 2.44. The summed E-state index contributed by atoms with van der Waals surface area (Å²) in [4.78, 5) is 31.4. The molecule has 0 saturated carbocycles. The zero-order chi connectivity index (χ0) is 30.2. The second kappa shape index (κ2) is 11.7. The van der Waals surface area contributed by atoms with Crippen molar-refractivity contribution in [1.29, 1.82) is 0 Å². The second-order valence-corrected chi connectivity index (χ2v) is 10.2. The number of methoxy groups -OCH3 is 1. The van der Waals surface area contributed by atoms with Crippen LogP contribution in [0, 0.1) is 11.6 Å². The van der Waals surface area contributed by atoms with Crippen LogP contribution in [0.2, 0.25) is 5.02 Å². The smallest absolute Gasteiger partial charge is 0.421 e. The van der Waals surface area contributed by atoms with Gasteiger partial charge in [0, 0.05) is 53.5 Å². The average Bonchev–Trinajstić information content (AvgIpc) is 3.56. The highest BCUT2D eigenvalue weighted by molar-refractivity contribution is 6.30. The van der Waals surface area contributed by atoms with Crippen molar-refractivity contribution >= 4 is 34.9 Å². The number of nitrogens with zero attached hydrogens (tertiary/aromatic N) is 2. The van der Waals surface area contributed by atoms with Crippen LogP contribution in [0.4, 0.5) is 33.5 Å². The highest BCUT2D eigenvalue weighted by Gasteiger charge is 2.49. The van der Waals surface area contributed by atoms with Crippen LogP contribution in [-0.2, 0) is 15.7 Å². The molecule has 3 aromatic rings. The van der Waals surface area contributed by atoms with Gasteiger partial charge in [-0.15, -0.1) is 0 Å². The maximum atomic E-state index is 15.2. The number of benzene rings is 2. The topological polar surface area (TPSA) is 92.8 Å². The van der Waals surface area contributed by atoms with Crippen molar-refractivity contribution in [1.82, 2.24) is 10.3 Å². The summed E-state index contributed by atoms with van der Waals surface area (Å²) in [6.07, 6.45) is -3.41. The van der Waals surface area contributed by atoms with Crippen molar-refractivity contribution < 1.29 is 41.0 Å². The molecule has 2 unspecified atom stereocenters. The fourth-order valence-electron chi connectivity index (χ4n) is 5.13. The predicted octanol–water partition coefficient (Wildman–Crippen LogP) is 5.17. The molecule has 222 valence electrons. The lowest BCUT2D eigenvalue weighted by Crippen LogP contribution is -2.44. The molecule has 0 aliphatic carbocycles. The lowest BCUT2D eigenvalue weighted by Gasteiger charge is -2.24. The average molecular weight is 611 g/mol. The van der Waals surface area contributed by atoms with E-state index in [9.17, 15) is 22.8 Å². The van der Waals surface area contributed by atoms with Crippen LogP contribution in [0.15, 0.2) is 48.7 Å². The number of pyridine rings is 1. The van der Waals surface area contributed by atoms with Gasteiger partial charge in [0.05, 0.1) is 25.4 Å². The zero-order valence-electron chi connectivity index (χ0n) is 22.0. The van der Waals surface area contributed by atoms with Gasteiger partial charge in [0.25, 0.3) is 11.8 Å². The van der Waals surface area contributed by atoms with Gasteiger partial charge >= 0.3 is 6.18 Å². The van der Waals surface area contributed by atoms with Crippen LogP contribution >= 0.6 is 11.6 Å². The first-order valence-corrected chi connectivity index (χ1v) is 13.2. The number of amides is 2. The van der Waals surface area contributed by atoms with Gasteiger partial charge in [-0.05, 0) is 36.8 Å². The molecule has 2 fully saturated rings. The largest absolute Gasteiger partial charge is 0.497 e. The molecule has 0 spiro atoms. The number of halogens is 6. The molecule has 42 heavy (non-hydrogen) atoms. The van der Waals surface area contributed by atoms with Crippen molar-refractivity contribution in [2.45, 2.75) is 30.6 Å². The summed E-state index contributed by atoms with van der Waals surface area (Å²) in [7, 11) is 1.20. The third-order valence-electron chi connectivity index (χ3n) is 7.13. The molecule has 1 aromatic heterocycles. The Bertz CT molecular complexity index is 1480. The van der Waals surface area contributed by atoms with E-state index in [1.807, 2.05) is 0 Å². The monoisotopic (exact) mass is 610 g/mol. The quantitative estimate of drug-likeness (QED) is 0.359. The van der Waals surface area contributed by atoms with E-state index in [0.717, 1.165) is 24.4 Å². The minimum absolute atomic E-state index is 0.0687. The van der Waals surface area contributed by atoms with Crippen LogP contribution in [0.1, 0.15) is 33.8 Å². The molecule has 2 aromatic carbocycles. The molecule has 3 heterocycles. The number of nitrogens with one attached hydrogen (secondary N) is 2. The number of carbonyl (C=O) groups excluding carboxylic acids is 2. The molecular formula is C28H24ClF5N4O4. The normalized spacial score (nSPS) is 20.6. The standard InChI is InChI=1S/C28H24ClF5N4O4/c1-41-17-10-19(30)22(20(31)11-17)18-12-38(27(40)24(18)37-26(39)14-2-4-15(29)5-3-14)25-23(28(32,33)34)21(6-8-35-25)36-16-7-9-42-13-16/h2-6,8,10-11,16,18,24H,7,9,12-13H2,1H3,(H,35,36)(H,37,39)/t16?,18-,24?/m0/s1. The fraction of sp³-hybridized carbons (Fsp3) is 0.321. The van der Waals surface area contributed by atoms with Crippen molar-refractivity contribution in [2.24, 2.45) is 0 Å². The Morgan fingerprint density at radius 1 is 1.14 bits per heavy atom. The van der Waals surface area contributed by atoms with Gasteiger partial charge in [-0.1, -0.05) is 11.6 Å². The van der Waals surface area contributed by atoms with Gasteiger partial charge in [0.2, 0.25) is 0 Å². The van der Waals surface area contributed by atoms with E-state index in [0.29, 0.717) is 23.0 Å². The number of alkyl halides is 3. The van der Waals surface area contributed by atoms with Crippen LogP contribution in [0.25, 0.3) is 0 Å². The highest BCUT2D eigenvalue weighted by atomic mass is 35.5. The van der Waals surface area contributed by atoms with E-state index in [-0.39, 0.29) is 23.6 Å². The summed E-state index contributed by atoms with van der Waals surface area (Å²) in [5.41, 5.74) is -2.09. The molecule has 0 bridgehead atoms. The number of ether oxygens (including phenoxy) is 2. The molecule has 2 amide bonds. The lowest BCUT2D eigenvalue weighted by atomic mass is 9.92. The molecule has 2 N–H and O–H groups in total.